The van der Waals surface area contributed by atoms with E-state index in [-0.39, 0.29) is 5.78 Å². The second kappa shape index (κ2) is 13.4. The molecule has 0 amide bonds. The Labute approximate surface area is 244 Å². The molecule has 0 fully saturated rings. The number of ketones is 1. The molecule has 0 aliphatic heterocycles. The summed E-state index contributed by atoms with van der Waals surface area (Å²) in [6.45, 7) is 2.35. The highest BCUT2D eigenvalue weighted by atomic mass is 16.5. The molecule has 0 aliphatic carbocycles. The van der Waals surface area contributed by atoms with Gasteiger partial charge in [-0.1, -0.05) is 42.5 Å². The van der Waals surface area contributed by atoms with E-state index in [1.165, 1.54) is 7.11 Å². The van der Waals surface area contributed by atoms with E-state index in [4.69, 9.17) is 13.9 Å². The predicted molar refractivity (Wildman–Crippen MR) is 160 cm³/mol. The average molecular weight is 562 g/mol. The smallest absolute Gasteiger partial charge is 0.328 e. The molecule has 2 aromatic heterocycles. The normalized spacial score (nSPS) is 11.5. The zero-order valence-corrected chi connectivity index (χ0v) is 23.4. The standard InChI is InChI=1S/C34H31N3O5/c1-23-29(37-33(42-23)26-8-4-3-5-9-26)18-21-41-27-14-12-24(13-15-27)22-31(34(39)40-2)36-30-11-7-6-10-28(30)32(38)25-16-19-35-20-17-25/h3-17,19-20,31,36H,18,21-22H2,1-2H3. The summed E-state index contributed by atoms with van der Waals surface area (Å²) in [6.07, 6.45) is 4.11. The number of esters is 1. The van der Waals surface area contributed by atoms with Crippen LogP contribution in [0.3, 0.4) is 0 Å². The van der Waals surface area contributed by atoms with Crippen LogP contribution in [0.5, 0.6) is 5.75 Å². The molecule has 2 heterocycles. The minimum absolute atomic E-state index is 0.164. The number of hydrogen-bond acceptors (Lipinski definition) is 8. The largest absolute Gasteiger partial charge is 0.493 e. The summed E-state index contributed by atoms with van der Waals surface area (Å²) in [6, 6.07) is 27.1. The molecule has 1 N–H and O–H groups in total. The quantitative estimate of drug-likeness (QED) is 0.144. The number of carbonyl (C=O) groups is 2. The number of benzene rings is 3. The van der Waals surface area contributed by atoms with E-state index in [1.54, 1.807) is 42.7 Å². The van der Waals surface area contributed by atoms with Crippen molar-refractivity contribution < 1.29 is 23.5 Å². The van der Waals surface area contributed by atoms with Crippen molar-refractivity contribution in [3.63, 3.8) is 0 Å². The van der Waals surface area contributed by atoms with E-state index in [2.05, 4.69) is 15.3 Å². The number of methoxy groups -OCH3 is 1. The third kappa shape index (κ3) is 6.90. The lowest BCUT2D eigenvalue weighted by Gasteiger charge is -2.20. The number of rotatable bonds is 12. The van der Waals surface area contributed by atoms with Gasteiger partial charge in [0.15, 0.2) is 5.78 Å². The van der Waals surface area contributed by atoms with Crippen molar-refractivity contribution in [1.82, 2.24) is 9.97 Å². The number of carbonyl (C=O) groups excluding carboxylic acids is 2. The summed E-state index contributed by atoms with van der Waals surface area (Å²) in [7, 11) is 1.35. The van der Waals surface area contributed by atoms with Gasteiger partial charge in [-0.15, -0.1) is 0 Å². The maximum atomic E-state index is 13.1. The maximum Gasteiger partial charge on any atom is 0.328 e. The van der Waals surface area contributed by atoms with Crippen LogP contribution < -0.4 is 10.1 Å². The van der Waals surface area contributed by atoms with E-state index in [1.807, 2.05) is 67.6 Å². The SMILES string of the molecule is COC(=O)C(Cc1ccc(OCCc2nc(-c3ccccc3)oc2C)cc1)Nc1ccccc1C(=O)c1ccncc1. The lowest BCUT2D eigenvalue weighted by molar-refractivity contribution is -0.141. The fraction of sp³-hybridized carbons (Fsp3) is 0.176. The Balaban J connectivity index is 1.21. The number of para-hydroxylation sites is 1. The van der Waals surface area contributed by atoms with Crippen LogP contribution in [0.1, 0.15) is 32.9 Å². The first-order valence-corrected chi connectivity index (χ1v) is 13.6. The van der Waals surface area contributed by atoms with Gasteiger partial charge in [-0.25, -0.2) is 9.78 Å². The first-order chi connectivity index (χ1) is 20.5. The Morgan fingerprint density at radius 3 is 2.36 bits per heavy atom. The number of aryl methyl sites for hydroxylation is 1. The molecule has 0 saturated heterocycles. The summed E-state index contributed by atoms with van der Waals surface area (Å²) in [5, 5.41) is 3.23. The number of pyridine rings is 1. The molecule has 212 valence electrons. The molecule has 5 aromatic rings. The van der Waals surface area contributed by atoms with Crippen LogP contribution in [0.15, 0.2) is 108 Å². The summed E-state index contributed by atoms with van der Waals surface area (Å²) in [4.78, 5) is 34.5. The van der Waals surface area contributed by atoms with Gasteiger partial charge in [-0.05, 0) is 61.0 Å². The Bertz CT molecular complexity index is 1630. The molecular formula is C34H31N3O5. The topological polar surface area (TPSA) is 104 Å². The molecule has 0 spiro atoms. The van der Waals surface area contributed by atoms with E-state index in [9.17, 15) is 9.59 Å². The fourth-order valence-corrected chi connectivity index (χ4v) is 4.58. The number of aromatic nitrogens is 2. The highest BCUT2D eigenvalue weighted by Crippen LogP contribution is 2.24. The van der Waals surface area contributed by atoms with Gasteiger partial charge in [0.25, 0.3) is 0 Å². The number of ether oxygens (including phenoxy) is 2. The molecule has 42 heavy (non-hydrogen) atoms. The van der Waals surface area contributed by atoms with Gasteiger partial charge < -0.3 is 19.2 Å². The van der Waals surface area contributed by atoms with Gasteiger partial charge in [-0.2, -0.15) is 0 Å². The zero-order valence-electron chi connectivity index (χ0n) is 23.4. The lowest BCUT2D eigenvalue weighted by Crippen LogP contribution is -2.33. The lowest BCUT2D eigenvalue weighted by atomic mass is 10.0. The molecule has 1 atom stereocenters. The first kappa shape index (κ1) is 28.3. The number of nitrogens with zero attached hydrogens (tertiary/aromatic N) is 2. The summed E-state index contributed by atoms with van der Waals surface area (Å²) < 4.78 is 16.9. The van der Waals surface area contributed by atoms with Crippen LogP contribution in [0, 0.1) is 6.92 Å². The number of oxazole rings is 1. The summed E-state index contributed by atoms with van der Waals surface area (Å²) in [5.41, 5.74) is 4.22. The van der Waals surface area contributed by atoms with E-state index in [0.717, 1.165) is 22.6 Å². The highest BCUT2D eigenvalue weighted by molar-refractivity contribution is 6.12. The molecule has 0 saturated carbocycles. The predicted octanol–water partition coefficient (Wildman–Crippen LogP) is 6.09. The monoisotopic (exact) mass is 561 g/mol. The Morgan fingerprint density at radius 2 is 1.62 bits per heavy atom. The van der Waals surface area contributed by atoms with Crippen molar-refractivity contribution in [3.8, 4) is 17.2 Å². The summed E-state index contributed by atoms with van der Waals surface area (Å²) in [5.74, 6) is 1.49. The van der Waals surface area contributed by atoms with Crippen molar-refractivity contribution in [2.24, 2.45) is 0 Å². The second-order valence-electron chi connectivity index (χ2n) is 9.67. The van der Waals surface area contributed by atoms with Crippen LogP contribution in [0.25, 0.3) is 11.5 Å². The van der Waals surface area contributed by atoms with Crippen molar-refractivity contribution >= 4 is 17.4 Å². The van der Waals surface area contributed by atoms with Crippen molar-refractivity contribution in [1.29, 1.82) is 0 Å². The molecule has 0 aliphatic rings. The maximum absolute atomic E-state index is 13.1. The molecule has 0 radical (unpaired) electrons. The minimum Gasteiger partial charge on any atom is -0.493 e. The third-order valence-electron chi connectivity index (χ3n) is 6.81. The minimum atomic E-state index is -0.706. The van der Waals surface area contributed by atoms with E-state index < -0.39 is 12.0 Å². The average Bonchev–Trinajstić information content (AvgIpc) is 3.42. The molecule has 8 heteroatoms. The van der Waals surface area contributed by atoms with Gasteiger partial charge in [0.2, 0.25) is 5.89 Å². The van der Waals surface area contributed by atoms with Gasteiger partial charge in [0.05, 0.1) is 19.4 Å². The molecule has 0 bridgehead atoms. The van der Waals surface area contributed by atoms with Crippen molar-refractivity contribution in [3.05, 3.63) is 132 Å². The molecule has 3 aromatic carbocycles. The fourth-order valence-electron chi connectivity index (χ4n) is 4.58. The van der Waals surface area contributed by atoms with Gasteiger partial charge in [0, 0.05) is 47.6 Å². The molecule has 1 unspecified atom stereocenters. The number of nitrogens with one attached hydrogen (secondary N) is 1. The van der Waals surface area contributed by atoms with Crippen molar-refractivity contribution in [2.75, 3.05) is 19.0 Å². The van der Waals surface area contributed by atoms with Crippen LogP contribution >= 0.6 is 0 Å². The van der Waals surface area contributed by atoms with E-state index in [0.29, 0.717) is 47.9 Å². The van der Waals surface area contributed by atoms with Crippen molar-refractivity contribution in [2.45, 2.75) is 25.8 Å². The van der Waals surface area contributed by atoms with Crippen LogP contribution in [0.4, 0.5) is 5.69 Å². The van der Waals surface area contributed by atoms with Gasteiger partial charge in [0.1, 0.15) is 17.6 Å². The Hall–Kier alpha value is -5.24. The number of hydrogen-bond donors (Lipinski definition) is 1. The Kier molecular flexibility index (Phi) is 9.03. The molecule has 8 nitrogen and oxygen atoms in total. The van der Waals surface area contributed by atoms with Gasteiger partial charge >= 0.3 is 5.97 Å². The zero-order chi connectivity index (χ0) is 29.3. The molecule has 5 rings (SSSR count). The summed E-state index contributed by atoms with van der Waals surface area (Å²) >= 11 is 0. The van der Waals surface area contributed by atoms with Crippen LogP contribution in [-0.2, 0) is 22.4 Å². The van der Waals surface area contributed by atoms with Gasteiger partial charge in [-0.3, -0.25) is 9.78 Å². The highest BCUT2D eigenvalue weighted by Gasteiger charge is 2.23. The van der Waals surface area contributed by atoms with Crippen LogP contribution in [0.2, 0.25) is 0 Å². The first-order valence-electron chi connectivity index (χ1n) is 13.6. The Morgan fingerprint density at radius 1 is 0.905 bits per heavy atom. The second-order valence-corrected chi connectivity index (χ2v) is 9.67. The third-order valence-corrected chi connectivity index (χ3v) is 6.81. The molecular weight excluding hydrogens is 530 g/mol. The van der Waals surface area contributed by atoms with Crippen LogP contribution in [-0.4, -0.2) is 41.5 Å². The van der Waals surface area contributed by atoms with E-state index >= 15 is 0 Å². The number of anilines is 1.